The van der Waals surface area contributed by atoms with E-state index in [2.05, 4.69) is 5.10 Å². The van der Waals surface area contributed by atoms with Gasteiger partial charge in [-0.3, -0.25) is 9.48 Å². The molecule has 4 N–H and O–H groups in total. The molecular formula is C12H20N4OS. The summed E-state index contributed by atoms with van der Waals surface area (Å²) in [5.41, 5.74) is 10.8. The molecule has 2 unspecified atom stereocenters. The van der Waals surface area contributed by atoms with E-state index in [0.717, 1.165) is 36.3 Å². The number of thioether (sulfide) groups is 1. The molecule has 0 radical (unpaired) electrons. The van der Waals surface area contributed by atoms with Gasteiger partial charge < -0.3 is 11.5 Å². The van der Waals surface area contributed by atoms with Crippen LogP contribution in [0.25, 0.3) is 0 Å². The molecule has 1 amide bonds. The number of nitrogens with two attached hydrogens (primary N) is 2. The quantitative estimate of drug-likeness (QED) is 0.776. The first-order valence-corrected chi connectivity index (χ1v) is 7.21. The molecule has 1 aliphatic carbocycles. The average Bonchev–Trinajstić information content (AvgIpc) is 2.87. The Morgan fingerprint density at radius 1 is 1.72 bits per heavy atom. The van der Waals surface area contributed by atoms with Gasteiger partial charge in [0.1, 0.15) is 0 Å². The molecule has 6 heteroatoms. The van der Waals surface area contributed by atoms with Crippen LogP contribution >= 0.6 is 11.8 Å². The van der Waals surface area contributed by atoms with Crippen molar-refractivity contribution >= 4 is 17.7 Å². The van der Waals surface area contributed by atoms with Crippen molar-refractivity contribution in [3.8, 4) is 0 Å². The first-order chi connectivity index (χ1) is 8.52. The molecule has 0 spiro atoms. The van der Waals surface area contributed by atoms with Crippen molar-refractivity contribution < 1.29 is 4.79 Å². The van der Waals surface area contributed by atoms with Crippen LogP contribution in [0.2, 0.25) is 0 Å². The van der Waals surface area contributed by atoms with E-state index in [4.69, 9.17) is 11.5 Å². The van der Waals surface area contributed by atoms with Gasteiger partial charge >= 0.3 is 0 Å². The minimum atomic E-state index is -0.782. The summed E-state index contributed by atoms with van der Waals surface area (Å²) in [5.74, 6) is 0.818. The summed E-state index contributed by atoms with van der Waals surface area (Å²) in [4.78, 5) is 12.6. The van der Waals surface area contributed by atoms with Crippen LogP contribution in [0.3, 0.4) is 0 Å². The molecule has 0 saturated heterocycles. The Morgan fingerprint density at radius 2 is 2.50 bits per heavy atom. The topological polar surface area (TPSA) is 86.9 Å². The fourth-order valence-electron chi connectivity index (χ4n) is 2.62. The van der Waals surface area contributed by atoms with E-state index in [1.54, 1.807) is 16.4 Å². The molecule has 18 heavy (non-hydrogen) atoms. The number of amides is 1. The summed E-state index contributed by atoms with van der Waals surface area (Å²) in [6, 6.07) is 0. The Kier molecular flexibility index (Phi) is 3.97. The predicted octanol–water partition coefficient (Wildman–Crippen LogP) is 0.885. The maximum Gasteiger partial charge on any atom is 0.237 e. The van der Waals surface area contributed by atoms with Crippen LogP contribution in [0, 0.1) is 5.92 Å². The highest BCUT2D eigenvalue weighted by molar-refractivity contribution is 7.99. The van der Waals surface area contributed by atoms with Gasteiger partial charge in [0.2, 0.25) is 5.91 Å². The number of rotatable bonds is 5. The molecule has 1 heterocycles. The lowest BCUT2D eigenvalue weighted by atomic mass is 9.85. The second-order valence-corrected chi connectivity index (χ2v) is 6.15. The van der Waals surface area contributed by atoms with Crippen LogP contribution < -0.4 is 11.5 Å². The minimum absolute atomic E-state index is 0.221. The first kappa shape index (κ1) is 13.4. The monoisotopic (exact) mass is 268 g/mol. The molecule has 5 nitrogen and oxygen atoms in total. The molecule has 2 atom stereocenters. The number of carbonyl (C=O) groups is 1. The summed E-state index contributed by atoms with van der Waals surface area (Å²) in [7, 11) is 1.90. The standard InChI is InChI=1S/C12H20N4OS/c1-16-8-10(7-15-16)18-6-4-9-3-2-5-12(9,14)11(13)17/h7-9H,2-6,14H2,1H3,(H2,13,17). The van der Waals surface area contributed by atoms with Gasteiger partial charge in [0.25, 0.3) is 0 Å². The molecule has 0 aliphatic heterocycles. The zero-order chi connectivity index (χ0) is 13.2. The van der Waals surface area contributed by atoms with Crippen LogP contribution in [0.4, 0.5) is 0 Å². The van der Waals surface area contributed by atoms with Gasteiger partial charge in [0.05, 0.1) is 11.7 Å². The number of hydrogen-bond donors (Lipinski definition) is 2. The first-order valence-electron chi connectivity index (χ1n) is 6.22. The lowest BCUT2D eigenvalue weighted by Crippen LogP contribution is -2.54. The van der Waals surface area contributed by atoms with E-state index in [9.17, 15) is 4.79 Å². The Labute approximate surface area is 111 Å². The van der Waals surface area contributed by atoms with Gasteiger partial charge in [0, 0.05) is 18.1 Å². The van der Waals surface area contributed by atoms with E-state index in [1.807, 2.05) is 19.4 Å². The van der Waals surface area contributed by atoms with Crippen molar-refractivity contribution in [3.63, 3.8) is 0 Å². The van der Waals surface area contributed by atoms with Gasteiger partial charge in [-0.25, -0.2) is 0 Å². The lowest BCUT2D eigenvalue weighted by Gasteiger charge is -2.27. The highest BCUT2D eigenvalue weighted by Crippen LogP contribution is 2.37. The summed E-state index contributed by atoms with van der Waals surface area (Å²) in [5, 5.41) is 4.12. The van der Waals surface area contributed by atoms with Crippen LogP contribution in [0.5, 0.6) is 0 Å². The second-order valence-electron chi connectivity index (χ2n) is 4.98. The van der Waals surface area contributed by atoms with Crippen molar-refractivity contribution in [1.29, 1.82) is 0 Å². The summed E-state index contributed by atoms with van der Waals surface area (Å²) in [6.07, 6.45) is 7.50. The SMILES string of the molecule is Cn1cc(SCCC2CCCC2(N)C(N)=O)cn1. The van der Waals surface area contributed by atoms with Gasteiger partial charge in [-0.15, -0.1) is 11.8 Å². The van der Waals surface area contributed by atoms with Gasteiger partial charge in [-0.2, -0.15) is 5.10 Å². The molecule has 0 bridgehead atoms. The molecule has 1 aromatic heterocycles. The van der Waals surface area contributed by atoms with Crippen LogP contribution in [-0.2, 0) is 11.8 Å². The molecule has 1 fully saturated rings. The summed E-state index contributed by atoms with van der Waals surface area (Å²) < 4.78 is 1.79. The molecule has 100 valence electrons. The second kappa shape index (κ2) is 5.32. The van der Waals surface area contributed by atoms with Crippen molar-refractivity contribution in [1.82, 2.24) is 9.78 Å². The van der Waals surface area contributed by atoms with Gasteiger partial charge in [-0.05, 0) is 30.9 Å². The van der Waals surface area contributed by atoms with Gasteiger partial charge in [0.15, 0.2) is 0 Å². The number of aromatic nitrogens is 2. The highest BCUT2D eigenvalue weighted by Gasteiger charge is 2.43. The van der Waals surface area contributed by atoms with E-state index in [-0.39, 0.29) is 11.8 Å². The number of nitrogens with zero attached hydrogens (tertiary/aromatic N) is 2. The third-order valence-electron chi connectivity index (χ3n) is 3.75. The lowest BCUT2D eigenvalue weighted by molar-refractivity contribution is -0.124. The number of carbonyl (C=O) groups excluding carboxylic acids is 1. The summed E-state index contributed by atoms with van der Waals surface area (Å²) in [6.45, 7) is 0. The Hall–Kier alpha value is -1.01. The highest BCUT2D eigenvalue weighted by atomic mass is 32.2. The third-order valence-corrected chi connectivity index (χ3v) is 4.73. The summed E-state index contributed by atoms with van der Waals surface area (Å²) >= 11 is 1.75. The fraction of sp³-hybridized carbons (Fsp3) is 0.667. The Balaban J connectivity index is 1.85. The predicted molar refractivity (Wildman–Crippen MR) is 72.0 cm³/mol. The van der Waals surface area contributed by atoms with Crippen LogP contribution in [0.15, 0.2) is 17.3 Å². The van der Waals surface area contributed by atoms with E-state index in [0.29, 0.717) is 0 Å². The van der Waals surface area contributed by atoms with E-state index < -0.39 is 5.54 Å². The van der Waals surface area contributed by atoms with Crippen molar-refractivity contribution in [2.45, 2.75) is 36.1 Å². The smallest absolute Gasteiger partial charge is 0.237 e. The molecule has 1 aromatic rings. The Bertz CT molecular complexity index is 433. The van der Waals surface area contributed by atoms with Crippen LogP contribution in [-0.4, -0.2) is 27.0 Å². The molecule has 0 aromatic carbocycles. The molecule has 1 aliphatic rings. The molecular weight excluding hydrogens is 248 g/mol. The van der Waals surface area contributed by atoms with Gasteiger partial charge in [-0.1, -0.05) is 6.42 Å². The van der Waals surface area contributed by atoms with Crippen molar-refractivity contribution in [2.75, 3.05) is 5.75 Å². The third kappa shape index (κ3) is 2.70. The van der Waals surface area contributed by atoms with Crippen molar-refractivity contribution in [2.24, 2.45) is 24.4 Å². The number of primary amides is 1. The van der Waals surface area contributed by atoms with E-state index in [1.165, 1.54) is 0 Å². The molecule has 1 saturated carbocycles. The average molecular weight is 268 g/mol. The normalized spacial score (nSPS) is 27.6. The van der Waals surface area contributed by atoms with E-state index >= 15 is 0 Å². The number of hydrogen-bond acceptors (Lipinski definition) is 4. The largest absolute Gasteiger partial charge is 0.368 e. The maximum absolute atomic E-state index is 11.4. The van der Waals surface area contributed by atoms with Crippen molar-refractivity contribution in [3.05, 3.63) is 12.4 Å². The number of aryl methyl sites for hydroxylation is 1. The zero-order valence-corrected chi connectivity index (χ0v) is 11.4. The minimum Gasteiger partial charge on any atom is -0.368 e. The molecule has 2 rings (SSSR count). The Morgan fingerprint density at radius 3 is 3.11 bits per heavy atom. The maximum atomic E-state index is 11.4. The zero-order valence-electron chi connectivity index (χ0n) is 10.6. The fourth-order valence-corrected chi connectivity index (χ4v) is 3.61. The van der Waals surface area contributed by atoms with Crippen LogP contribution in [0.1, 0.15) is 25.7 Å².